The largest absolute Gasteiger partial charge is 0.484 e. The van der Waals surface area contributed by atoms with Crippen LogP contribution in [0.15, 0.2) is 35.6 Å². The number of aromatic nitrogens is 4. The highest BCUT2D eigenvalue weighted by Crippen LogP contribution is 2.28. The number of anilines is 1. The van der Waals surface area contributed by atoms with Crippen LogP contribution < -0.4 is 15.0 Å². The van der Waals surface area contributed by atoms with E-state index in [1.54, 1.807) is 11.8 Å². The summed E-state index contributed by atoms with van der Waals surface area (Å²) in [7, 11) is 0. The van der Waals surface area contributed by atoms with E-state index in [2.05, 4.69) is 22.2 Å². The van der Waals surface area contributed by atoms with Crippen molar-refractivity contribution >= 4 is 34.5 Å². The topological polar surface area (TPSA) is 94.4 Å². The third-order valence-electron chi connectivity index (χ3n) is 5.21. The molecule has 3 aromatic rings. The monoisotopic (exact) mass is 470 g/mol. The summed E-state index contributed by atoms with van der Waals surface area (Å²) in [5, 5.41) is 9.11. The number of hydrogen-bond acceptors (Lipinski definition) is 8. The molecule has 0 unspecified atom stereocenters. The average Bonchev–Trinajstić information content (AvgIpc) is 3.24. The van der Waals surface area contributed by atoms with Gasteiger partial charge in [-0.15, -0.1) is 0 Å². The van der Waals surface area contributed by atoms with Crippen molar-refractivity contribution in [2.45, 2.75) is 32.0 Å². The number of aryl methyl sites for hydroxylation is 1. The molecule has 4 rings (SSSR count). The fourth-order valence-electron chi connectivity index (χ4n) is 3.56. The molecule has 1 aromatic carbocycles. The van der Waals surface area contributed by atoms with Crippen LogP contribution in [0.25, 0.3) is 11.0 Å². The van der Waals surface area contributed by atoms with Gasteiger partial charge in [0.25, 0.3) is 5.91 Å². The lowest BCUT2D eigenvalue weighted by molar-refractivity contribution is -0.123. The predicted molar refractivity (Wildman–Crippen MR) is 129 cm³/mol. The average molecular weight is 471 g/mol. The predicted octanol–water partition coefficient (Wildman–Crippen LogP) is 2.67. The summed E-state index contributed by atoms with van der Waals surface area (Å²) in [5.74, 6) is 2.38. The molecule has 1 aliphatic heterocycles. The molecule has 1 fully saturated rings. The Morgan fingerprint density at radius 3 is 2.91 bits per heavy atom. The van der Waals surface area contributed by atoms with Crippen LogP contribution >= 0.6 is 11.8 Å². The highest BCUT2D eigenvalue weighted by atomic mass is 32.2. The smallest absolute Gasteiger partial charge is 0.258 e. The SMILES string of the molecule is CCCSc1nc(N2CCOCC2)c2cnn(CCNC(=O)COc3cccc(C)c3)c2n1. The molecule has 0 atom stereocenters. The van der Waals surface area contributed by atoms with Gasteiger partial charge in [-0.05, 0) is 31.0 Å². The maximum atomic E-state index is 12.2. The molecule has 1 aliphatic rings. The summed E-state index contributed by atoms with van der Waals surface area (Å²) in [5.41, 5.74) is 1.88. The maximum absolute atomic E-state index is 12.2. The number of nitrogens with one attached hydrogen (secondary N) is 1. The molecule has 0 spiro atoms. The number of fused-ring (bicyclic) bond motifs is 1. The Morgan fingerprint density at radius 1 is 1.27 bits per heavy atom. The van der Waals surface area contributed by atoms with Crippen molar-refractivity contribution in [1.82, 2.24) is 25.1 Å². The third kappa shape index (κ3) is 6.14. The summed E-state index contributed by atoms with van der Waals surface area (Å²) in [4.78, 5) is 24.0. The van der Waals surface area contributed by atoms with E-state index < -0.39 is 0 Å². The Bertz CT molecular complexity index is 1080. The number of hydrogen-bond donors (Lipinski definition) is 1. The minimum Gasteiger partial charge on any atom is -0.484 e. The van der Waals surface area contributed by atoms with Crippen molar-refractivity contribution in [3.05, 3.63) is 36.0 Å². The zero-order chi connectivity index (χ0) is 23.0. The summed E-state index contributed by atoms with van der Waals surface area (Å²) in [6, 6.07) is 7.64. The number of rotatable bonds is 10. The van der Waals surface area contributed by atoms with Crippen LogP contribution in [-0.4, -0.2) is 70.9 Å². The first-order valence-corrected chi connectivity index (χ1v) is 12.3. The molecule has 0 bridgehead atoms. The van der Waals surface area contributed by atoms with Gasteiger partial charge in [-0.3, -0.25) is 4.79 Å². The quantitative estimate of drug-likeness (QED) is 0.357. The van der Waals surface area contributed by atoms with Crippen LogP contribution in [0, 0.1) is 6.92 Å². The van der Waals surface area contributed by atoms with Crippen LogP contribution in [0.4, 0.5) is 5.82 Å². The molecule has 9 nitrogen and oxygen atoms in total. The molecule has 33 heavy (non-hydrogen) atoms. The minimum atomic E-state index is -0.171. The van der Waals surface area contributed by atoms with Crippen molar-refractivity contribution in [3.8, 4) is 5.75 Å². The molecular weight excluding hydrogens is 440 g/mol. The lowest BCUT2D eigenvalue weighted by Crippen LogP contribution is -2.37. The second-order valence-corrected chi connectivity index (χ2v) is 8.90. The molecule has 1 amide bonds. The van der Waals surface area contributed by atoms with E-state index in [0.29, 0.717) is 32.1 Å². The van der Waals surface area contributed by atoms with Crippen LogP contribution in [0.3, 0.4) is 0 Å². The Morgan fingerprint density at radius 2 is 2.12 bits per heavy atom. The van der Waals surface area contributed by atoms with E-state index in [9.17, 15) is 4.79 Å². The van der Waals surface area contributed by atoms with Crippen molar-refractivity contribution in [2.24, 2.45) is 0 Å². The summed E-state index contributed by atoms with van der Waals surface area (Å²) < 4.78 is 12.9. The summed E-state index contributed by atoms with van der Waals surface area (Å²) >= 11 is 1.65. The van der Waals surface area contributed by atoms with Crippen LogP contribution in [0.2, 0.25) is 0 Å². The van der Waals surface area contributed by atoms with Gasteiger partial charge in [-0.25, -0.2) is 14.6 Å². The Hall–Kier alpha value is -2.85. The standard InChI is InChI=1S/C23H30N6O3S/c1-3-13-33-23-26-21(28-9-11-31-12-10-28)19-15-25-29(22(19)27-23)8-7-24-20(30)16-32-18-6-4-5-17(2)14-18/h4-6,14-15H,3,7-13,16H2,1-2H3,(H,24,30). The van der Waals surface area contributed by atoms with Crippen LogP contribution in [-0.2, 0) is 16.1 Å². The van der Waals surface area contributed by atoms with Gasteiger partial charge in [-0.1, -0.05) is 30.8 Å². The van der Waals surface area contributed by atoms with E-state index in [0.717, 1.165) is 52.8 Å². The number of ether oxygens (including phenoxy) is 2. The number of benzene rings is 1. The third-order valence-corrected chi connectivity index (χ3v) is 6.26. The number of carbonyl (C=O) groups excluding carboxylic acids is 1. The van der Waals surface area contributed by atoms with Gasteiger partial charge in [-0.2, -0.15) is 5.10 Å². The highest BCUT2D eigenvalue weighted by molar-refractivity contribution is 7.99. The van der Waals surface area contributed by atoms with Gasteiger partial charge in [0.2, 0.25) is 0 Å². The van der Waals surface area contributed by atoms with Gasteiger partial charge in [0.05, 0.1) is 31.3 Å². The first kappa shape index (κ1) is 23.3. The molecule has 176 valence electrons. The molecule has 3 heterocycles. The van der Waals surface area contributed by atoms with Crippen molar-refractivity contribution in [1.29, 1.82) is 0 Å². The molecule has 1 saturated heterocycles. The number of morpholine rings is 1. The van der Waals surface area contributed by atoms with E-state index in [-0.39, 0.29) is 12.5 Å². The molecule has 10 heteroatoms. The van der Waals surface area contributed by atoms with Gasteiger partial charge in [0.15, 0.2) is 17.4 Å². The molecule has 0 radical (unpaired) electrons. The van der Waals surface area contributed by atoms with Gasteiger partial charge in [0.1, 0.15) is 11.6 Å². The zero-order valence-electron chi connectivity index (χ0n) is 19.1. The molecule has 0 saturated carbocycles. The molecular formula is C23H30N6O3S. The Labute approximate surface area is 197 Å². The molecule has 1 N–H and O–H groups in total. The normalized spacial score (nSPS) is 13.9. The molecule has 0 aliphatic carbocycles. The first-order valence-electron chi connectivity index (χ1n) is 11.3. The lowest BCUT2D eigenvalue weighted by Gasteiger charge is -2.28. The van der Waals surface area contributed by atoms with Crippen molar-refractivity contribution in [2.75, 3.05) is 50.1 Å². The van der Waals surface area contributed by atoms with Crippen LogP contribution in [0.5, 0.6) is 5.75 Å². The lowest BCUT2D eigenvalue weighted by atomic mass is 10.2. The summed E-state index contributed by atoms with van der Waals surface area (Å²) in [6.07, 6.45) is 2.87. The summed E-state index contributed by atoms with van der Waals surface area (Å²) in [6.45, 7) is 8.02. The van der Waals surface area contributed by atoms with Crippen molar-refractivity contribution < 1.29 is 14.3 Å². The maximum Gasteiger partial charge on any atom is 0.258 e. The van der Waals surface area contributed by atoms with Gasteiger partial charge < -0.3 is 19.7 Å². The van der Waals surface area contributed by atoms with E-state index >= 15 is 0 Å². The number of thioether (sulfide) groups is 1. The van der Waals surface area contributed by atoms with Gasteiger partial charge in [0, 0.05) is 25.4 Å². The van der Waals surface area contributed by atoms with E-state index in [4.69, 9.17) is 19.4 Å². The van der Waals surface area contributed by atoms with Crippen LogP contribution in [0.1, 0.15) is 18.9 Å². The Kier molecular flexibility index (Phi) is 8.01. The molecule has 2 aromatic heterocycles. The Balaban J connectivity index is 1.41. The first-order chi connectivity index (χ1) is 16.1. The van der Waals surface area contributed by atoms with E-state index in [1.807, 2.05) is 42.1 Å². The fourth-order valence-corrected chi connectivity index (χ4v) is 4.25. The second kappa shape index (κ2) is 11.3. The number of carbonyl (C=O) groups is 1. The second-order valence-electron chi connectivity index (χ2n) is 7.84. The number of nitrogens with zero attached hydrogens (tertiary/aromatic N) is 5. The zero-order valence-corrected chi connectivity index (χ0v) is 19.9. The highest BCUT2D eigenvalue weighted by Gasteiger charge is 2.20. The number of amides is 1. The minimum absolute atomic E-state index is 0.0233. The van der Waals surface area contributed by atoms with E-state index in [1.165, 1.54) is 0 Å². The van der Waals surface area contributed by atoms with Gasteiger partial charge >= 0.3 is 0 Å². The fraction of sp³-hybridized carbons (Fsp3) is 0.478. The van der Waals surface area contributed by atoms with Crippen molar-refractivity contribution in [3.63, 3.8) is 0 Å².